The summed E-state index contributed by atoms with van der Waals surface area (Å²) in [5.74, 6) is -0.280. The van der Waals surface area contributed by atoms with E-state index in [9.17, 15) is 4.39 Å². The van der Waals surface area contributed by atoms with Crippen molar-refractivity contribution in [3.05, 3.63) is 39.6 Å². The van der Waals surface area contributed by atoms with E-state index in [1.54, 1.807) is 12.1 Å². The first-order valence-electron chi connectivity index (χ1n) is 6.24. The molecule has 2 aromatic rings. The largest absolute Gasteiger partial charge is 0.315 e. The van der Waals surface area contributed by atoms with Crippen LogP contribution in [0, 0.1) is 5.82 Å². The zero-order valence-electron chi connectivity index (χ0n) is 11.0. The van der Waals surface area contributed by atoms with Crippen molar-refractivity contribution in [3.8, 4) is 10.6 Å². The summed E-state index contributed by atoms with van der Waals surface area (Å²) >= 11 is 7.46. The highest BCUT2D eigenvalue weighted by Crippen LogP contribution is 2.32. The number of hydrogen-bond acceptors (Lipinski definition) is 3. The minimum Gasteiger partial charge on any atom is -0.315 e. The quantitative estimate of drug-likeness (QED) is 0.891. The highest BCUT2D eigenvalue weighted by molar-refractivity contribution is 7.15. The van der Waals surface area contributed by atoms with Gasteiger partial charge in [0.1, 0.15) is 10.8 Å². The van der Waals surface area contributed by atoms with E-state index in [1.165, 1.54) is 22.3 Å². The molecule has 0 unspecified atom stereocenters. The number of nitrogens with one attached hydrogen (secondary N) is 1. The van der Waals surface area contributed by atoms with Crippen molar-refractivity contribution in [2.75, 3.05) is 7.05 Å². The number of aryl methyl sites for hydroxylation is 1. The summed E-state index contributed by atoms with van der Waals surface area (Å²) in [5.41, 5.74) is 1.54. The minimum atomic E-state index is -0.280. The van der Waals surface area contributed by atoms with Gasteiger partial charge in [-0.2, -0.15) is 0 Å². The van der Waals surface area contributed by atoms with Crippen molar-refractivity contribution in [2.45, 2.75) is 26.3 Å². The number of rotatable bonds is 5. The molecule has 0 spiro atoms. The second kappa shape index (κ2) is 6.46. The second-order valence-electron chi connectivity index (χ2n) is 4.29. The van der Waals surface area contributed by atoms with Gasteiger partial charge in [-0.25, -0.2) is 9.37 Å². The lowest BCUT2D eigenvalue weighted by atomic mass is 10.2. The van der Waals surface area contributed by atoms with E-state index in [0.717, 1.165) is 25.1 Å². The Morgan fingerprint density at radius 1 is 1.42 bits per heavy atom. The Bertz CT molecular complexity index is 545. The van der Waals surface area contributed by atoms with Crippen LogP contribution in [0.5, 0.6) is 0 Å². The first-order chi connectivity index (χ1) is 9.15. The van der Waals surface area contributed by atoms with Crippen molar-refractivity contribution in [2.24, 2.45) is 0 Å². The minimum absolute atomic E-state index is 0.280. The molecule has 5 heteroatoms. The smallest absolute Gasteiger partial charge is 0.133 e. The molecule has 0 fully saturated rings. The Kier molecular flexibility index (Phi) is 4.91. The molecule has 1 aromatic carbocycles. The Morgan fingerprint density at radius 3 is 2.89 bits per heavy atom. The number of thiazole rings is 1. The van der Waals surface area contributed by atoms with Crippen LogP contribution < -0.4 is 5.32 Å². The maximum absolute atomic E-state index is 13.9. The molecular weight excluding hydrogens is 283 g/mol. The topological polar surface area (TPSA) is 24.9 Å². The van der Waals surface area contributed by atoms with E-state index in [2.05, 4.69) is 17.2 Å². The molecule has 1 aromatic heterocycles. The van der Waals surface area contributed by atoms with E-state index in [0.29, 0.717) is 15.6 Å². The van der Waals surface area contributed by atoms with Gasteiger partial charge in [-0.05, 0) is 31.7 Å². The van der Waals surface area contributed by atoms with Crippen LogP contribution in [0.1, 0.15) is 23.9 Å². The van der Waals surface area contributed by atoms with Crippen LogP contribution in [0.25, 0.3) is 10.6 Å². The molecule has 0 saturated carbocycles. The number of nitrogens with zero attached hydrogens (tertiary/aromatic N) is 1. The van der Waals surface area contributed by atoms with Crippen LogP contribution >= 0.6 is 22.9 Å². The van der Waals surface area contributed by atoms with E-state index in [-0.39, 0.29) is 5.82 Å². The maximum Gasteiger partial charge on any atom is 0.133 e. The first-order valence-corrected chi connectivity index (χ1v) is 7.43. The highest BCUT2D eigenvalue weighted by Gasteiger charge is 2.14. The Balaban J connectivity index is 2.44. The standard InChI is InChI=1S/C14H16ClFN2S/c1-3-4-12-13(8-17-2)19-14(18-12)10-7-9(15)5-6-11(10)16/h5-7,17H,3-4,8H2,1-2H3. The van der Waals surface area contributed by atoms with Crippen molar-refractivity contribution < 1.29 is 4.39 Å². The molecular formula is C14H16ClFN2S. The van der Waals surface area contributed by atoms with Gasteiger partial charge in [-0.15, -0.1) is 11.3 Å². The molecule has 0 aliphatic carbocycles. The van der Waals surface area contributed by atoms with Gasteiger partial charge in [-0.3, -0.25) is 0 Å². The predicted octanol–water partition coefficient (Wildman–Crippen LogP) is 4.27. The third kappa shape index (κ3) is 3.32. The number of aromatic nitrogens is 1. The highest BCUT2D eigenvalue weighted by atomic mass is 35.5. The number of halogens is 2. The van der Waals surface area contributed by atoms with Gasteiger partial charge in [0.2, 0.25) is 0 Å². The van der Waals surface area contributed by atoms with Crippen LogP contribution in [0.3, 0.4) is 0 Å². The summed E-state index contributed by atoms with van der Waals surface area (Å²) in [5, 5.41) is 4.35. The molecule has 0 amide bonds. The molecule has 2 nitrogen and oxygen atoms in total. The zero-order valence-corrected chi connectivity index (χ0v) is 12.5. The van der Waals surface area contributed by atoms with Crippen molar-refractivity contribution in [3.63, 3.8) is 0 Å². The molecule has 19 heavy (non-hydrogen) atoms. The Morgan fingerprint density at radius 2 is 2.21 bits per heavy atom. The molecule has 0 atom stereocenters. The fraction of sp³-hybridized carbons (Fsp3) is 0.357. The van der Waals surface area contributed by atoms with Crippen LogP contribution in [0.4, 0.5) is 4.39 Å². The molecule has 0 radical (unpaired) electrons. The third-order valence-corrected chi connectivity index (χ3v) is 4.13. The van der Waals surface area contributed by atoms with E-state index in [1.807, 2.05) is 7.05 Å². The molecule has 0 aliphatic heterocycles. The summed E-state index contributed by atoms with van der Waals surface area (Å²) in [7, 11) is 1.90. The van der Waals surface area contributed by atoms with Gasteiger partial charge in [0, 0.05) is 22.0 Å². The lowest BCUT2D eigenvalue weighted by Crippen LogP contribution is -2.05. The molecule has 1 heterocycles. The van der Waals surface area contributed by atoms with E-state index in [4.69, 9.17) is 11.6 Å². The summed E-state index contributed by atoms with van der Waals surface area (Å²) < 4.78 is 13.9. The lowest BCUT2D eigenvalue weighted by Gasteiger charge is -1.99. The van der Waals surface area contributed by atoms with Gasteiger partial charge in [-0.1, -0.05) is 24.9 Å². The monoisotopic (exact) mass is 298 g/mol. The summed E-state index contributed by atoms with van der Waals surface area (Å²) in [6.07, 6.45) is 1.94. The normalized spacial score (nSPS) is 10.9. The lowest BCUT2D eigenvalue weighted by molar-refractivity contribution is 0.631. The fourth-order valence-corrected chi connectivity index (χ4v) is 3.20. The van der Waals surface area contributed by atoms with Gasteiger partial charge in [0.25, 0.3) is 0 Å². The van der Waals surface area contributed by atoms with Crippen molar-refractivity contribution in [1.29, 1.82) is 0 Å². The first kappa shape index (κ1) is 14.4. The summed E-state index contributed by atoms with van der Waals surface area (Å²) in [6, 6.07) is 4.57. The molecule has 102 valence electrons. The molecule has 1 N–H and O–H groups in total. The van der Waals surface area contributed by atoms with Crippen LogP contribution in [-0.4, -0.2) is 12.0 Å². The van der Waals surface area contributed by atoms with Crippen LogP contribution in [-0.2, 0) is 13.0 Å². The van der Waals surface area contributed by atoms with Gasteiger partial charge >= 0.3 is 0 Å². The van der Waals surface area contributed by atoms with Crippen molar-refractivity contribution >= 4 is 22.9 Å². The van der Waals surface area contributed by atoms with E-state index < -0.39 is 0 Å². The molecule has 0 bridgehead atoms. The summed E-state index contributed by atoms with van der Waals surface area (Å²) in [4.78, 5) is 5.74. The third-order valence-electron chi connectivity index (χ3n) is 2.76. The predicted molar refractivity (Wildman–Crippen MR) is 79.3 cm³/mol. The average molecular weight is 299 g/mol. The van der Waals surface area contributed by atoms with Crippen LogP contribution in [0.2, 0.25) is 5.02 Å². The second-order valence-corrected chi connectivity index (χ2v) is 5.81. The molecule has 0 saturated heterocycles. The zero-order chi connectivity index (χ0) is 13.8. The average Bonchev–Trinajstić information content (AvgIpc) is 2.77. The fourth-order valence-electron chi connectivity index (χ4n) is 1.89. The SMILES string of the molecule is CCCc1nc(-c2cc(Cl)ccc2F)sc1CNC. The maximum atomic E-state index is 13.9. The van der Waals surface area contributed by atoms with Crippen molar-refractivity contribution in [1.82, 2.24) is 10.3 Å². The Labute approximate surface area is 121 Å². The van der Waals surface area contributed by atoms with Crippen LogP contribution in [0.15, 0.2) is 18.2 Å². The summed E-state index contributed by atoms with van der Waals surface area (Å²) in [6.45, 7) is 2.87. The number of benzene rings is 1. The van der Waals surface area contributed by atoms with E-state index >= 15 is 0 Å². The van der Waals surface area contributed by atoms with Gasteiger partial charge in [0.05, 0.1) is 5.69 Å². The Hall–Kier alpha value is -0.970. The molecule has 0 aliphatic rings. The van der Waals surface area contributed by atoms with Gasteiger partial charge in [0.15, 0.2) is 0 Å². The van der Waals surface area contributed by atoms with Gasteiger partial charge < -0.3 is 5.32 Å². The number of hydrogen-bond donors (Lipinski definition) is 1. The molecule has 2 rings (SSSR count).